The first-order chi connectivity index (χ1) is 15.0. The lowest BCUT2D eigenvalue weighted by Crippen LogP contribution is -2.44. The molecule has 0 atom stereocenters. The fraction of sp³-hybridized carbons (Fsp3) is 0.565. The molecule has 0 spiro atoms. The number of hydrogen-bond acceptors (Lipinski definition) is 5. The molecule has 2 heterocycles. The highest BCUT2D eigenvalue weighted by Gasteiger charge is 2.22. The molecule has 0 unspecified atom stereocenters. The van der Waals surface area contributed by atoms with Gasteiger partial charge in [-0.2, -0.15) is 0 Å². The summed E-state index contributed by atoms with van der Waals surface area (Å²) in [4.78, 5) is 21.5. The van der Waals surface area contributed by atoms with Gasteiger partial charge in [0.25, 0.3) is 0 Å². The van der Waals surface area contributed by atoms with E-state index in [-0.39, 0.29) is 22.6 Å². The Morgan fingerprint density at radius 1 is 1.19 bits per heavy atom. The lowest BCUT2D eigenvalue weighted by molar-refractivity contribution is 0.235. The second-order valence-corrected chi connectivity index (χ2v) is 8.82. The maximum absolute atomic E-state index is 15.2. The monoisotopic (exact) mass is 429 g/mol. The summed E-state index contributed by atoms with van der Waals surface area (Å²) in [6, 6.07) is 3.19. The van der Waals surface area contributed by atoms with Crippen LogP contribution in [0, 0.1) is 11.7 Å². The summed E-state index contributed by atoms with van der Waals surface area (Å²) < 4.78 is 17.2. The van der Waals surface area contributed by atoms with Gasteiger partial charge in [-0.25, -0.2) is 4.39 Å². The van der Waals surface area contributed by atoms with Crippen molar-refractivity contribution in [3.05, 3.63) is 39.9 Å². The van der Waals surface area contributed by atoms with Crippen molar-refractivity contribution in [3.8, 4) is 0 Å². The lowest BCUT2D eigenvalue weighted by Gasteiger charge is -2.34. The Labute approximate surface area is 182 Å². The highest BCUT2D eigenvalue weighted by atomic mass is 19.1. The van der Waals surface area contributed by atoms with Crippen LogP contribution in [0.15, 0.2) is 28.1 Å². The molecule has 168 valence electrons. The number of rotatable bonds is 4. The van der Waals surface area contributed by atoms with Gasteiger partial charge in [0, 0.05) is 51.4 Å². The Kier molecular flexibility index (Phi) is 6.57. The first-order valence-corrected chi connectivity index (χ1v) is 11.2. The molecule has 2 aliphatic rings. The standard InChI is InChI=1S/C23H32FN5O2/c1-25-23(26-31)18-15-29(14-16-6-4-3-5-7-16)20-13-21(19(24)12-17(20)22(18)30)28-10-8-27(2)9-11-28/h12-13,15-16,31H,3-11,14H2,1-2H3,(H,25,26). The quantitative estimate of drug-likeness (QED) is 0.444. The van der Waals surface area contributed by atoms with E-state index in [1.54, 1.807) is 6.20 Å². The third-order valence-corrected chi connectivity index (χ3v) is 6.76. The number of nitrogens with one attached hydrogen (secondary N) is 1. The Balaban J connectivity index is 1.84. The Hall–Kier alpha value is -2.45. The molecule has 1 aliphatic carbocycles. The van der Waals surface area contributed by atoms with E-state index in [4.69, 9.17) is 0 Å². The van der Waals surface area contributed by atoms with Crippen LogP contribution in [0.5, 0.6) is 0 Å². The summed E-state index contributed by atoms with van der Waals surface area (Å²) in [6.45, 7) is 4.03. The highest BCUT2D eigenvalue weighted by Crippen LogP contribution is 2.29. The van der Waals surface area contributed by atoms with E-state index in [1.165, 1.54) is 32.4 Å². The first-order valence-electron chi connectivity index (χ1n) is 11.2. The summed E-state index contributed by atoms with van der Waals surface area (Å²) in [5.74, 6) is 0.226. The largest absolute Gasteiger partial charge is 0.367 e. The molecular formula is C23H32FN5O2. The average Bonchev–Trinajstić information content (AvgIpc) is 2.78. The van der Waals surface area contributed by atoms with Crippen molar-refractivity contribution >= 4 is 22.4 Å². The van der Waals surface area contributed by atoms with Gasteiger partial charge in [-0.1, -0.05) is 19.3 Å². The molecule has 8 heteroatoms. The smallest absolute Gasteiger partial charge is 0.200 e. The lowest BCUT2D eigenvalue weighted by atomic mass is 9.89. The molecule has 2 aromatic rings. The van der Waals surface area contributed by atoms with Crippen LogP contribution < -0.4 is 15.8 Å². The van der Waals surface area contributed by atoms with Crippen molar-refractivity contribution in [1.82, 2.24) is 14.9 Å². The number of piperazine rings is 1. The van der Waals surface area contributed by atoms with E-state index in [2.05, 4.69) is 26.4 Å². The van der Waals surface area contributed by atoms with Crippen LogP contribution in [0.25, 0.3) is 10.9 Å². The van der Waals surface area contributed by atoms with Gasteiger partial charge in [-0.15, -0.1) is 0 Å². The van der Waals surface area contributed by atoms with Gasteiger partial charge in [-0.3, -0.25) is 20.5 Å². The van der Waals surface area contributed by atoms with Gasteiger partial charge < -0.3 is 14.4 Å². The molecule has 1 aromatic carbocycles. The number of aromatic nitrogens is 1. The van der Waals surface area contributed by atoms with E-state index in [9.17, 15) is 10.0 Å². The van der Waals surface area contributed by atoms with Crippen molar-refractivity contribution in [2.45, 2.75) is 38.6 Å². The molecule has 2 N–H and O–H groups in total. The third kappa shape index (κ3) is 4.45. The second-order valence-electron chi connectivity index (χ2n) is 8.82. The minimum absolute atomic E-state index is 0.0906. The van der Waals surface area contributed by atoms with Crippen molar-refractivity contribution < 1.29 is 9.60 Å². The number of nitrogens with zero attached hydrogens (tertiary/aromatic N) is 4. The number of fused-ring (bicyclic) bond motifs is 1. The predicted molar refractivity (Wildman–Crippen MR) is 122 cm³/mol. The third-order valence-electron chi connectivity index (χ3n) is 6.76. The molecule has 4 rings (SSSR count). The van der Waals surface area contributed by atoms with Gasteiger partial charge in [0.15, 0.2) is 11.3 Å². The number of aliphatic imine (C=N–C) groups is 1. The molecule has 0 amide bonds. The van der Waals surface area contributed by atoms with Crippen molar-refractivity contribution in [2.24, 2.45) is 10.9 Å². The summed E-state index contributed by atoms with van der Waals surface area (Å²) in [6.07, 6.45) is 7.78. The summed E-state index contributed by atoms with van der Waals surface area (Å²) >= 11 is 0. The SMILES string of the molecule is CN=C(NO)c1cn(CC2CCCCC2)c2cc(N3CCN(C)CC3)c(F)cc2c1=O. The van der Waals surface area contributed by atoms with E-state index < -0.39 is 0 Å². The molecule has 1 saturated carbocycles. The van der Waals surface area contributed by atoms with E-state index in [0.29, 0.717) is 17.0 Å². The molecular weight excluding hydrogens is 397 g/mol. The van der Waals surface area contributed by atoms with Crippen molar-refractivity contribution in [1.29, 1.82) is 0 Å². The maximum Gasteiger partial charge on any atom is 0.200 e. The Morgan fingerprint density at radius 3 is 2.55 bits per heavy atom. The van der Waals surface area contributed by atoms with E-state index in [0.717, 1.165) is 51.1 Å². The Bertz CT molecular complexity index is 1020. The van der Waals surface area contributed by atoms with Crippen molar-refractivity contribution in [2.75, 3.05) is 45.2 Å². The number of benzene rings is 1. The summed E-state index contributed by atoms with van der Waals surface area (Å²) in [5, 5.41) is 9.78. The maximum atomic E-state index is 15.2. The minimum atomic E-state index is -0.387. The predicted octanol–water partition coefficient (Wildman–Crippen LogP) is 2.83. The number of anilines is 1. The van der Waals surface area contributed by atoms with Gasteiger partial charge in [0.1, 0.15) is 5.82 Å². The van der Waals surface area contributed by atoms with Crippen molar-refractivity contribution in [3.63, 3.8) is 0 Å². The number of halogens is 1. The zero-order valence-corrected chi connectivity index (χ0v) is 18.4. The molecule has 1 aliphatic heterocycles. The molecule has 31 heavy (non-hydrogen) atoms. The van der Waals surface area contributed by atoms with Gasteiger partial charge in [0.2, 0.25) is 0 Å². The molecule has 0 radical (unpaired) electrons. The number of amidine groups is 1. The fourth-order valence-electron chi connectivity index (χ4n) is 4.89. The zero-order valence-electron chi connectivity index (χ0n) is 18.4. The second kappa shape index (κ2) is 9.36. The Morgan fingerprint density at radius 2 is 1.90 bits per heavy atom. The van der Waals surface area contributed by atoms with Gasteiger partial charge in [-0.05, 0) is 37.9 Å². The summed E-state index contributed by atoms with van der Waals surface area (Å²) in [5.41, 5.74) is 3.22. The zero-order chi connectivity index (χ0) is 22.0. The van der Waals surface area contributed by atoms with E-state index in [1.807, 2.05) is 11.5 Å². The molecule has 2 fully saturated rings. The van der Waals surface area contributed by atoms with Gasteiger partial charge in [0.05, 0.1) is 16.8 Å². The molecule has 1 aromatic heterocycles. The molecule has 7 nitrogen and oxygen atoms in total. The van der Waals surface area contributed by atoms with Crippen LogP contribution in [0.3, 0.4) is 0 Å². The molecule has 0 bridgehead atoms. The average molecular weight is 430 g/mol. The topological polar surface area (TPSA) is 73.1 Å². The van der Waals surface area contributed by atoms with Crippen LogP contribution in [-0.4, -0.2) is 60.8 Å². The van der Waals surface area contributed by atoms with Gasteiger partial charge >= 0.3 is 0 Å². The van der Waals surface area contributed by atoms with Crippen LogP contribution in [-0.2, 0) is 6.54 Å². The minimum Gasteiger partial charge on any atom is -0.367 e. The van der Waals surface area contributed by atoms with Crippen LogP contribution in [0.4, 0.5) is 10.1 Å². The van der Waals surface area contributed by atoms with Crippen LogP contribution in [0.2, 0.25) is 0 Å². The van der Waals surface area contributed by atoms with E-state index >= 15 is 4.39 Å². The normalized spacial score (nSPS) is 19.2. The number of hydrogen-bond donors (Lipinski definition) is 2. The fourth-order valence-corrected chi connectivity index (χ4v) is 4.89. The van der Waals surface area contributed by atoms with Crippen LogP contribution >= 0.6 is 0 Å². The number of pyridine rings is 1. The number of likely N-dealkylation sites (N-methyl/N-ethyl adjacent to an activating group) is 1. The van der Waals surface area contributed by atoms with Crippen LogP contribution in [0.1, 0.15) is 37.7 Å². The number of hydroxylamine groups is 1. The highest BCUT2D eigenvalue weighted by molar-refractivity contribution is 6.00. The molecule has 1 saturated heterocycles. The summed E-state index contributed by atoms with van der Waals surface area (Å²) in [7, 11) is 3.57. The first kappa shape index (κ1) is 21.8.